The van der Waals surface area contributed by atoms with Crippen molar-refractivity contribution in [3.8, 4) is 6.19 Å². The standard InChI is InChI=1S/C12H27N.C2H4N4/c1-2-3-4-5-6-7-8-9-10-11-12-13;3-1-6-2(4)5/h2-13H2,1H3;(H4,4,5,6). The molecule has 5 heteroatoms. The molecule has 0 saturated carbocycles. The minimum atomic E-state index is -0.197. The molecule has 6 N–H and O–H groups in total. The Kier molecular flexibility index (Phi) is 20.1. The molecule has 0 aliphatic heterocycles. The Balaban J connectivity index is 0. The van der Waals surface area contributed by atoms with E-state index in [1.54, 1.807) is 0 Å². The van der Waals surface area contributed by atoms with Gasteiger partial charge in [0.15, 0.2) is 0 Å². The molecule has 0 unspecified atom stereocenters. The average molecular weight is 269 g/mol. The Morgan fingerprint density at radius 2 is 1.32 bits per heavy atom. The fourth-order valence-corrected chi connectivity index (χ4v) is 1.69. The van der Waals surface area contributed by atoms with E-state index in [0.29, 0.717) is 0 Å². The van der Waals surface area contributed by atoms with Gasteiger partial charge in [-0.25, -0.2) is 0 Å². The highest BCUT2D eigenvalue weighted by atomic mass is 15.0. The van der Waals surface area contributed by atoms with Gasteiger partial charge in [0, 0.05) is 0 Å². The summed E-state index contributed by atoms with van der Waals surface area (Å²) in [4.78, 5) is 2.90. The lowest BCUT2D eigenvalue weighted by molar-refractivity contribution is 0.558. The molecule has 5 nitrogen and oxygen atoms in total. The first-order chi connectivity index (χ1) is 9.18. The average Bonchev–Trinajstić information content (AvgIpc) is 2.37. The molecule has 0 saturated heterocycles. The van der Waals surface area contributed by atoms with Crippen LogP contribution in [0.1, 0.15) is 71.1 Å². The predicted octanol–water partition coefficient (Wildman–Crippen LogP) is 2.61. The maximum absolute atomic E-state index is 7.64. The molecule has 0 aromatic carbocycles. The van der Waals surface area contributed by atoms with Crippen LogP contribution in [0.4, 0.5) is 0 Å². The van der Waals surface area contributed by atoms with Crippen LogP contribution >= 0.6 is 0 Å². The summed E-state index contributed by atoms with van der Waals surface area (Å²) in [6.07, 6.45) is 15.3. The fraction of sp³-hybridized carbons (Fsp3) is 0.857. The molecule has 0 aromatic rings. The van der Waals surface area contributed by atoms with Gasteiger partial charge in [0.1, 0.15) is 0 Å². The molecule has 19 heavy (non-hydrogen) atoms. The van der Waals surface area contributed by atoms with Crippen molar-refractivity contribution in [1.29, 1.82) is 5.26 Å². The Morgan fingerprint density at radius 3 is 1.58 bits per heavy atom. The van der Waals surface area contributed by atoms with E-state index in [-0.39, 0.29) is 5.96 Å². The van der Waals surface area contributed by atoms with Crippen LogP contribution in [-0.4, -0.2) is 12.5 Å². The number of hydrogen-bond acceptors (Lipinski definition) is 3. The van der Waals surface area contributed by atoms with Crippen LogP contribution in [0.25, 0.3) is 0 Å². The topological polar surface area (TPSA) is 114 Å². The van der Waals surface area contributed by atoms with Crippen molar-refractivity contribution in [3.05, 3.63) is 0 Å². The van der Waals surface area contributed by atoms with Gasteiger partial charge in [-0.15, -0.1) is 4.99 Å². The lowest BCUT2D eigenvalue weighted by Crippen LogP contribution is -2.21. The van der Waals surface area contributed by atoms with E-state index in [1.165, 1.54) is 70.4 Å². The third-order valence-corrected chi connectivity index (χ3v) is 2.74. The summed E-state index contributed by atoms with van der Waals surface area (Å²) in [7, 11) is 0. The summed E-state index contributed by atoms with van der Waals surface area (Å²) in [5.41, 5.74) is 14.8. The van der Waals surface area contributed by atoms with Gasteiger partial charge in [-0.3, -0.25) is 0 Å². The van der Waals surface area contributed by atoms with E-state index in [1.807, 2.05) is 0 Å². The van der Waals surface area contributed by atoms with Gasteiger partial charge in [-0.2, -0.15) is 5.26 Å². The molecule has 0 radical (unpaired) electrons. The Morgan fingerprint density at radius 1 is 0.895 bits per heavy atom. The van der Waals surface area contributed by atoms with Crippen molar-refractivity contribution in [2.75, 3.05) is 6.54 Å². The first-order valence-electron chi connectivity index (χ1n) is 7.36. The van der Waals surface area contributed by atoms with Crippen LogP contribution in [0.5, 0.6) is 0 Å². The van der Waals surface area contributed by atoms with Gasteiger partial charge in [-0.05, 0) is 13.0 Å². The predicted molar refractivity (Wildman–Crippen MR) is 82.3 cm³/mol. The van der Waals surface area contributed by atoms with Crippen molar-refractivity contribution >= 4 is 5.96 Å². The lowest BCUT2D eigenvalue weighted by Gasteiger charge is -2.00. The monoisotopic (exact) mass is 269 g/mol. The Hall–Kier alpha value is -1.28. The quantitative estimate of drug-likeness (QED) is 0.245. The minimum absolute atomic E-state index is 0.197. The molecule has 0 aromatic heterocycles. The number of nitriles is 1. The van der Waals surface area contributed by atoms with Gasteiger partial charge in [-0.1, -0.05) is 64.7 Å². The zero-order valence-electron chi connectivity index (χ0n) is 12.4. The Bertz CT molecular complexity index is 218. The fourth-order valence-electron chi connectivity index (χ4n) is 1.69. The van der Waals surface area contributed by atoms with Crippen molar-refractivity contribution in [2.24, 2.45) is 22.2 Å². The third kappa shape index (κ3) is 26.4. The Labute approximate surface area is 118 Å². The molecule has 0 heterocycles. The molecule has 0 fully saturated rings. The van der Waals surface area contributed by atoms with Gasteiger partial charge < -0.3 is 17.2 Å². The maximum atomic E-state index is 7.64. The highest BCUT2D eigenvalue weighted by molar-refractivity contribution is 5.76. The second-order valence-corrected chi connectivity index (χ2v) is 4.61. The van der Waals surface area contributed by atoms with Crippen molar-refractivity contribution in [1.82, 2.24) is 0 Å². The molecular formula is C14H31N5. The van der Waals surface area contributed by atoms with E-state index < -0.39 is 0 Å². The van der Waals surface area contributed by atoms with Crippen molar-refractivity contribution in [2.45, 2.75) is 71.1 Å². The summed E-state index contributed by atoms with van der Waals surface area (Å²) in [5.74, 6) is -0.197. The second kappa shape index (κ2) is 19.1. The van der Waals surface area contributed by atoms with Crippen LogP contribution in [0, 0.1) is 11.5 Å². The maximum Gasteiger partial charge on any atom is 0.209 e. The van der Waals surface area contributed by atoms with Crippen LogP contribution in [0.15, 0.2) is 4.99 Å². The largest absolute Gasteiger partial charge is 0.369 e. The van der Waals surface area contributed by atoms with E-state index in [2.05, 4.69) is 11.9 Å². The number of rotatable bonds is 10. The zero-order valence-corrected chi connectivity index (χ0v) is 12.4. The third-order valence-electron chi connectivity index (χ3n) is 2.74. The second-order valence-electron chi connectivity index (χ2n) is 4.61. The van der Waals surface area contributed by atoms with Crippen LogP contribution in [-0.2, 0) is 0 Å². The molecule has 0 amide bonds. The summed E-state index contributed by atoms with van der Waals surface area (Å²) in [5, 5.41) is 7.64. The number of unbranched alkanes of at least 4 members (excludes halogenated alkanes) is 9. The first kappa shape index (κ1) is 20.0. The number of nitrogens with zero attached hydrogens (tertiary/aromatic N) is 2. The number of hydrogen-bond donors (Lipinski definition) is 3. The molecule has 112 valence electrons. The highest BCUT2D eigenvalue weighted by Crippen LogP contribution is 2.09. The van der Waals surface area contributed by atoms with E-state index in [4.69, 9.17) is 22.5 Å². The lowest BCUT2D eigenvalue weighted by atomic mass is 10.1. The normalized spacial score (nSPS) is 9.11. The molecule has 0 spiro atoms. The van der Waals surface area contributed by atoms with Crippen LogP contribution in [0.2, 0.25) is 0 Å². The van der Waals surface area contributed by atoms with Gasteiger partial charge in [0.25, 0.3) is 0 Å². The van der Waals surface area contributed by atoms with Crippen LogP contribution in [0.3, 0.4) is 0 Å². The summed E-state index contributed by atoms with van der Waals surface area (Å²) in [6, 6.07) is 0. The summed E-state index contributed by atoms with van der Waals surface area (Å²) < 4.78 is 0. The molecule has 0 rings (SSSR count). The highest BCUT2D eigenvalue weighted by Gasteiger charge is 1.91. The molecule has 0 bridgehead atoms. The SMILES string of the molecule is CCCCCCCCCCCCN.N#CN=C(N)N. The van der Waals surface area contributed by atoms with Gasteiger partial charge >= 0.3 is 0 Å². The molecule has 0 aliphatic rings. The smallest absolute Gasteiger partial charge is 0.209 e. The summed E-state index contributed by atoms with van der Waals surface area (Å²) in [6.45, 7) is 3.14. The molecule has 0 aliphatic carbocycles. The van der Waals surface area contributed by atoms with Crippen LogP contribution < -0.4 is 17.2 Å². The van der Waals surface area contributed by atoms with Gasteiger partial charge in [0.05, 0.1) is 0 Å². The number of aliphatic imine (C=N–C) groups is 1. The minimum Gasteiger partial charge on any atom is -0.369 e. The van der Waals surface area contributed by atoms with Crippen molar-refractivity contribution in [3.63, 3.8) is 0 Å². The molecular weight excluding hydrogens is 238 g/mol. The van der Waals surface area contributed by atoms with E-state index >= 15 is 0 Å². The van der Waals surface area contributed by atoms with Gasteiger partial charge in [0.2, 0.25) is 12.2 Å². The number of guanidine groups is 1. The van der Waals surface area contributed by atoms with Crippen molar-refractivity contribution < 1.29 is 0 Å². The first-order valence-corrected chi connectivity index (χ1v) is 7.36. The zero-order chi connectivity index (χ0) is 14.8. The summed E-state index contributed by atoms with van der Waals surface area (Å²) >= 11 is 0. The van der Waals surface area contributed by atoms with E-state index in [9.17, 15) is 0 Å². The van der Waals surface area contributed by atoms with E-state index in [0.717, 1.165) is 6.54 Å². The number of nitrogens with two attached hydrogens (primary N) is 3. The molecule has 0 atom stereocenters.